The first-order chi connectivity index (χ1) is 9.63. The van der Waals surface area contributed by atoms with Gasteiger partial charge in [-0.3, -0.25) is 4.79 Å². The van der Waals surface area contributed by atoms with Crippen LogP contribution in [-0.4, -0.2) is 5.78 Å². The summed E-state index contributed by atoms with van der Waals surface area (Å²) in [5, 5.41) is 9.22. The molecule has 2 saturated carbocycles. The molecule has 2 aliphatic carbocycles. The summed E-state index contributed by atoms with van der Waals surface area (Å²) in [6.07, 6.45) is 4.33. The highest BCUT2D eigenvalue weighted by molar-refractivity contribution is 5.93. The van der Waals surface area contributed by atoms with Crippen molar-refractivity contribution in [2.45, 2.75) is 31.6 Å². The Labute approximate surface area is 116 Å². The second-order valence-electron chi connectivity index (χ2n) is 5.77. The van der Waals surface area contributed by atoms with E-state index in [4.69, 9.17) is 0 Å². The number of fused-ring (bicyclic) bond motifs is 1. The third-order valence-electron chi connectivity index (χ3n) is 4.67. The SMILES string of the molecule is N#CC(C(=O)C1C2CCCCC21)c1ccc(F)cc1F. The van der Waals surface area contributed by atoms with Gasteiger partial charge in [0.25, 0.3) is 0 Å². The zero-order chi connectivity index (χ0) is 14.3. The molecule has 3 unspecified atom stereocenters. The molecule has 3 atom stereocenters. The molecule has 1 aromatic rings. The molecule has 104 valence electrons. The lowest BCUT2D eigenvalue weighted by atomic mass is 9.92. The highest BCUT2D eigenvalue weighted by atomic mass is 19.1. The van der Waals surface area contributed by atoms with Crippen molar-refractivity contribution in [3.8, 4) is 6.07 Å². The zero-order valence-electron chi connectivity index (χ0n) is 11.0. The summed E-state index contributed by atoms with van der Waals surface area (Å²) in [5.74, 6) is -2.12. The van der Waals surface area contributed by atoms with Gasteiger partial charge in [0.2, 0.25) is 0 Å². The third-order valence-corrected chi connectivity index (χ3v) is 4.67. The summed E-state index contributed by atoms with van der Waals surface area (Å²) in [6.45, 7) is 0. The Morgan fingerprint density at radius 2 is 1.90 bits per heavy atom. The van der Waals surface area contributed by atoms with E-state index in [0.717, 1.165) is 37.8 Å². The third kappa shape index (κ3) is 2.11. The Hall–Kier alpha value is -1.76. The van der Waals surface area contributed by atoms with E-state index in [1.165, 1.54) is 6.07 Å². The summed E-state index contributed by atoms with van der Waals surface area (Å²) < 4.78 is 26.7. The fourth-order valence-corrected chi connectivity index (χ4v) is 3.63. The molecule has 1 aromatic carbocycles. The van der Waals surface area contributed by atoms with E-state index in [1.807, 2.05) is 6.07 Å². The molecule has 0 radical (unpaired) electrons. The summed E-state index contributed by atoms with van der Waals surface area (Å²) in [4.78, 5) is 12.5. The van der Waals surface area contributed by atoms with Crippen molar-refractivity contribution in [3.05, 3.63) is 35.4 Å². The number of carbonyl (C=O) groups is 1. The van der Waals surface area contributed by atoms with E-state index in [-0.39, 0.29) is 17.3 Å². The lowest BCUT2D eigenvalue weighted by Crippen LogP contribution is -2.16. The minimum atomic E-state index is -1.11. The number of ketones is 1. The number of hydrogen-bond donors (Lipinski definition) is 0. The number of nitrogens with zero attached hydrogens (tertiary/aromatic N) is 1. The average molecular weight is 275 g/mol. The van der Waals surface area contributed by atoms with Crippen LogP contribution in [0.4, 0.5) is 8.78 Å². The molecule has 0 amide bonds. The fourth-order valence-electron chi connectivity index (χ4n) is 3.63. The molecule has 0 aliphatic heterocycles. The standard InChI is InChI=1S/C16H15F2NO/c17-9-5-6-10(14(18)7-9)13(8-19)16(20)15-11-3-1-2-4-12(11)15/h5-7,11-13,15H,1-4H2. The van der Waals surface area contributed by atoms with Gasteiger partial charge in [-0.25, -0.2) is 8.78 Å². The normalized spacial score (nSPS) is 29.1. The average Bonchev–Trinajstić information content (AvgIpc) is 3.16. The number of carbonyl (C=O) groups excluding carboxylic acids is 1. The van der Waals surface area contributed by atoms with Crippen LogP contribution in [-0.2, 0) is 4.79 Å². The molecule has 0 aromatic heterocycles. The monoisotopic (exact) mass is 275 g/mol. The number of benzene rings is 1. The highest BCUT2D eigenvalue weighted by Crippen LogP contribution is 2.57. The Bertz CT molecular complexity index is 581. The Kier molecular flexibility index (Phi) is 3.29. The highest BCUT2D eigenvalue weighted by Gasteiger charge is 2.56. The van der Waals surface area contributed by atoms with Crippen LogP contribution in [0.5, 0.6) is 0 Å². The van der Waals surface area contributed by atoms with Gasteiger partial charge >= 0.3 is 0 Å². The predicted octanol–water partition coefficient (Wildman–Crippen LogP) is 3.58. The quantitative estimate of drug-likeness (QED) is 0.846. The molecule has 2 aliphatic rings. The number of rotatable bonds is 3. The van der Waals surface area contributed by atoms with E-state index >= 15 is 0 Å². The number of halogens is 2. The summed E-state index contributed by atoms with van der Waals surface area (Å²) in [5.41, 5.74) is 0.00236. The van der Waals surface area contributed by atoms with Gasteiger partial charge in [0.1, 0.15) is 17.6 Å². The van der Waals surface area contributed by atoms with Gasteiger partial charge < -0.3 is 0 Å². The van der Waals surface area contributed by atoms with E-state index in [0.29, 0.717) is 11.8 Å². The van der Waals surface area contributed by atoms with Crippen LogP contribution in [0, 0.1) is 40.7 Å². The Morgan fingerprint density at radius 3 is 2.45 bits per heavy atom. The molecule has 0 saturated heterocycles. The van der Waals surface area contributed by atoms with Gasteiger partial charge in [0, 0.05) is 17.5 Å². The first-order valence-corrected chi connectivity index (χ1v) is 7.01. The van der Waals surface area contributed by atoms with Gasteiger partial charge in [-0.05, 0) is 30.7 Å². The van der Waals surface area contributed by atoms with Crippen molar-refractivity contribution in [2.75, 3.05) is 0 Å². The molecule has 4 heteroatoms. The molecule has 20 heavy (non-hydrogen) atoms. The van der Waals surface area contributed by atoms with Crippen LogP contribution in [0.2, 0.25) is 0 Å². The minimum Gasteiger partial charge on any atom is -0.298 e. The lowest BCUT2D eigenvalue weighted by molar-refractivity contribution is -0.121. The van der Waals surface area contributed by atoms with Gasteiger partial charge in [0.05, 0.1) is 6.07 Å². The summed E-state index contributed by atoms with van der Waals surface area (Å²) in [7, 11) is 0. The Morgan fingerprint density at radius 1 is 1.25 bits per heavy atom. The van der Waals surface area contributed by atoms with Crippen LogP contribution < -0.4 is 0 Å². The fraction of sp³-hybridized carbons (Fsp3) is 0.500. The van der Waals surface area contributed by atoms with Crippen LogP contribution in [0.3, 0.4) is 0 Å². The maximum absolute atomic E-state index is 13.8. The minimum absolute atomic E-state index is 0.00236. The van der Waals surface area contributed by atoms with Crippen LogP contribution >= 0.6 is 0 Å². The van der Waals surface area contributed by atoms with Crippen LogP contribution in [0.25, 0.3) is 0 Å². The maximum atomic E-state index is 13.8. The number of Topliss-reactive ketones (excluding diaryl/α,β-unsaturated/α-hetero) is 1. The van der Waals surface area contributed by atoms with E-state index in [1.54, 1.807) is 0 Å². The number of hydrogen-bond acceptors (Lipinski definition) is 2. The first-order valence-electron chi connectivity index (χ1n) is 7.01. The van der Waals surface area contributed by atoms with Crippen molar-refractivity contribution in [2.24, 2.45) is 17.8 Å². The molecular weight excluding hydrogens is 260 g/mol. The molecule has 0 N–H and O–H groups in total. The summed E-state index contributed by atoms with van der Waals surface area (Å²) >= 11 is 0. The molecule has 3 rings (SSSR count). The predicted molar refractivity (Wildman–Crippen MR) is 68.7 cm³/mol. The van der Waals surface area contributed by atoms with Gasteiger partial charge in [0.15, 0.2) is 5.78 Å². The Balaban J connectivity index is 1.83. The zero-order valence-corrected chi connectivity index (χ0v) is 11.0. The van der Waals surface area contributed by atoms with Gasteiger partial charge in [-0.1, -0.05) is 18.9 Å². The van der Waals surface area contributed by atoms with E-state index < -0.39 is 17.6 Å². The van der Waals surface area contributed by atoms with Crippen molar-refractivity contribution in [3.63, 3.8) is 0 Å². The van der Waals surface area contributed by atoms with Crippen LogP contribution in [0.15, 0.2) is 18.2 Å². The van der Waals surface area contributed by atoms with Gasteiger partial charge in [-0.15, -0.1) is 0 Å². The molecular formula is C16H15F2NO. The van der Waals surface area contributed by atoms with Crippen molar-refractivity contribution in [1.29, 1.82) is 5.26 Å². The van der Waals surface area contributed by atoms with Crippen LogP contribution in [0.1, 0.15) is 37.2 Å². The molecule has 2 nitrogen and oxygen atoms in total. The summed E-state index contributed by atoms with van der Waals surface area (Å²) in [6, 6.07) is 4.93. The van der Waals surface area contributed by atoms with Crippen molar-refractivity contribution in [1.82, 2.24) is 0 Å². The smallest absolute Gasteiger partial charge is 0.158 e. The topological polar surface area (TPSA) is 40.9 Å². The van der Waals surface area contributed by atoms with E-state index in [2.05, 4.69) is 0 Å². The maximum Gasteiger partial charge on any atom is 0.158 e. The van der Waals surface area contributed by atoms with E-state index in [9.17, 15) is 18.8 Å². The second kappa shape index (κ2) is 4.97. The molecule has 0 bridgehead atoms. The van der Waals surface area contributed by atoms with Crippen molar-refractivity contribution < 1.29 is 13.6 Å². The largest absolute Gasteiger partial charge is 0.298 e. The lowest BCUT2D eigenvalue weighted by Gasteiger charge is -2.09. The molecule has 0 spiro atoms. The first kappa shape index (κ1) is 13.2. The van der Waals surface area contributed by atoms with Gasteiger partial charge in [-0.2, -0.15) is 5.26 Å². The molecule has 0 heterocycles. The molecule has 2 fully saturated rings. The second-order valence-corrected chi connectivity index (χ2v) is 5.77. The van der Waals surface area contributed by atoms with Crippen molar-refractivity contribution >= 4 is 5.78 Å². The number of nitriles is 1.